The van der Waals surface area contributed by atoms with Crippen molar-refractivity contribution >= 4 is 22.9 Å². The van der Waals surface area contributed by atoms with Crippen LogP contribution in [-0.4, -0.2) is 17.4 Å². The minimum atomic E-state index is -0.141. The number of pyridine rings is 1. The van der Waals surface area contributed by atoms with Gasteiger partial charge in [-0.1, -0.05) is 6.07 Å². The van der Waals surface area contributed by atoms with Crippen molar-refractivity contribution in [2.24, 2.45) is 0 Å². The molecule has 4 nitrogen and oxygen atoms in total. The number of carbonyl (C=O) groups is 1. The molecule has 1 amide bonds. The second-order valence-electron chi connectivity index (χ2n) is 3.72. The third-order valence-corrected chi connectivity index (χ3v) is 3.25. The molecule has 2 rings (SSSR count). The highest BCUT2D eigenvalue weighted by atomic mass is 32.1. The first-order valence-corrected chi connectivity index (χ1v) is 6.68. The molecule has 0 bridgehead atoms. The summed E-state index contributed by atoms with van der Waals surface area (Å²) in [6.07, 6.45) is 1.64. The van der Waals surface area contributed by atoms with E-state index < -0.39 is 0 Å². The highest BCUT2D eigenvalue weighted by molar-refractivity contribution is 7.09. The summed E-state index contributed by atoms with van der Waals surface area (Å²) in [6, 6.07) is 7.72. The molecule has 2 aromatic rings. The highest BCUT2D eigenvalue weighted by Gasteiger charge is 2.06. The van der Waals surface area contributed by atoms with Crippen molar-refractivity contribution in [3.05, 3.63) is 46.4 Å². The molecule has 0 radical (unpaired) electrons. The van der Waals surface area contributed by atoms with Crippen molar-refractivity contribution in [3.8, 4) is 0 Å². The molecule has 0 saturated carbocycles. The molecule has 2 heterocycles. The van der Waals surface area contributed by atoms with E-state index in [0.717, 1.165) is 12.2 Å². The van der Waals surface area contributed by atoms with Crippen LogP contribution in [0.2, 0.25) is 0 Å². The summed E-state index contributed by atoms with van der Waals surface area (Å²) in [7, 11) is 0. The molecule has 0 unspecified atom stereocenters. The average Bonchev–Trinajstić information content (AvgIpc) is 2.90. The molecule has 0 atom stereocenters. The van der Waals surface area contributed by atoms with Crippen LogP contribution < -0.4 is 10.6 Å². The summed E-state index contributed by atoms with van der Waals surface area (Å²) in [5.74, 6) is -0.141. The van der Waals surface area contributed by atoms with E-state index in [0.29, 0.717) is 12.2 Å². The van der Waals surface area contributed by atoms with E-state index in [2.05, 4.69) is 21.7 Å². The Bertz CT molecular complexity index is 511. The van der Waals surface area contributed by atoms with E-state index in [1.807, 2.05) is 24.4 Å². The Kier molecular flexibility index (Phi) is 4.30. The molecule has 0 spiro atoms. The normalized spacial score (nSPS) is 10.1. The van der Waals surface area contributed by atoms with Gasteiger partial charge in [0.2, 0.25) is 0 Å². The molecule has 0 aliphatic rings. The highest BCUT2D eigenvalue weighted by Crippen LogP contribution is 2.13. The Hall–Kier alpha value is -1.88. The maximum Gasteiger partial charge on any atom is 0.269 e. The van der Waals surface area contributed by atoms with Gasteiger partial charge >= 0.3 is 0 Å². The number of nitrogens with one attached hydrogen (secondary N) is 2. The van der Waals surface area contributed by atoms with Gasteiger partial charge in [-0.25, -0.2) is 0 Å². The van der Waals surface area contributed by atoms with Crippen LogP contribution in [0.1, 0.15) is 22.3 Å². The van der Waals surface area contributed by atoms with E-state index in [-0.39, 0.29) is 5.91 Å². The molecule has 0 saturated heterocycles. The Balaban J connectivity index is 2.01. The Morgan fingerprint density at radius 2 is 2.33 bits per heavy atom. The summed E-state index contributed by atoms with van der Waals surface area (Å²) >= 11 is 1.70. The standard InChI is InChI=1S/C13H15N3OS/c1-2-14-13(17)12-8-10(5-6-15-12)16-9-11-4-3-7-18-11/h3-8H,2,9H2,1H3,(H,14,17)(H,15,16). The third-order valence-electron chi connectivity index (χ3n) is 2.38. The molecule has 5 heteroatoms. The summed E-state index contributed by atoms with van der Waals surface area (Å²) in [4.78, 5) is 16.9. The number of aromatic nitrogens is 1. The van der Waals surface area contributed by atoms with Crippen molar-refractivity contribution in [1.29, 1.82) is 0 Å². The zero-order valence-corrected chi connectivity index (χ0v) is 11.0. The zero-order valence-electron chi connectivity index (χ0n) is 10.1. The predicted octanol–water partition coefficient (Wildman–Crippen LogP) is 2.50. The van der Waals surface area contributed by atoms with Crippen LogP contribution in [0.3, 0.4) is 0 Å². The maximum atomic E-state index is 11.6. The van der Waals surface area contributed by atoms with Crippen LogP contribution in [0.15, 0.2) is 35.8 Å². The van der Waals surface area contributed by atoms with Crippen molar-refractivity contribution in [2.45, 2.75) is 13.5 Å². The third kappa shape index (κ3) is 3.30. The monoisotopic (exact) mass is 261 g/mol. The van der Waals surface area contributed by atoms with Crippen molar-refractivity contribution < 1.29 is 4.79 Å². The van der Waals surface area contributed by atoms with Gasteiger partial charge in [-0.3, -0.25) is 9.78 Å². The molecule has 0 aliphatic carbocycles. The fraction of sp³-hybridized carbons (Fsp3) is 0.231. The van der Waals surface area contributed by atoms with Crippen molar-refractivity contribution in [2.75, 3.05) is 11.9 Å². The van der Waals surface area contributed by atoms with E-state index in [4.69, 9.17) is 0 Å². The minimum Gasteiger partial charge on any atom is -0.380 e. The van der Waals surface area contributed by atoms with Gasteiger partial charge in [0.15, 0.2) is 0 Å². The van der Waals surface area contributed by atoms with Crippen LogP contribution in [0.25, 0.3) is 0 Å². The Morgan fingerprint density at radius 1 is 1.44 bits per heavy atom. The van der Waals surface area contributed by atoms with Crippen LogP contribution >= 0.6 is 11.3 Å². The van der Waals surface area contributed by atoms with E-state index >= 15 is 0 Å². The molecule has 0 aliphatic heterocycles. The first-order chi connectivity index (χ1) is 8.79. The molecule has 2 aromatic heterocycles. The summed E-state index contributed by atoms with van der Waals surface area (Å²) < 4.78 is 0. The molecule has 0 aromatic carbocycles. The molecular weight excluding hydrogens is 246 g/mol. The SMILES string of the molecule is CCNC(=O)c1cc(NCc2cccs2)ccn1. The predicted molar refractivity (Wildman–Crippen MR) is 73.9 cm³/mol. The topological polar surface area (TPSA) is 54.0 Å². The summed E-state index contributed by atoms with van der Waals surface area (Å²) in [5.41, 5.74) is 1.34. The van der Waals surface area contributed by atoms with Gasteiger partial charge in [-0.2, -0.15) is 0 Å². The van der Waals surface area contributed by atoms with Gasteiger partial charge in [-0.15, -0.1) is 11.3 Å². The zero-order chi connectivity index (χ0) is 12.8. The fourth-order valence-corrected chi connectivity index (χ4v) is 2.16. The number of carbonyl (C=O) groups excluding carboxylic acids is 1. The maximum absolute atomic E-state index is 11.6. The molecule has 0 fully saturated rings. The van der Waals surface area contributed by atoms with Gasteiger partial charge in [0.25, 0.3) is 5.91 Å². The van der Waals surface area contributed by atoms with Gasteiger partial charge in [0.05, 0.1) is 0 Å². The smallest absolute Gasteiger partial charge is 0.269 e. The largest absolute Gasteiger partial charge is 0.380 e. The first-order valence-electron chi connectivity index (χ1n) is 5.80. The number of amides is 1. The quantitative estimate of drug-likeness (QED) is 0.869. The Morgan fingerprint density at radius 3 is 3.06 bits per heavy atom. The number of thiophene rings is 1. The van der Waals surface area contributed by atoms with Gasteiger partial charge in [0, 0.05) is 29.9 Å². The first kappa shape index (κ1) is 12.6. The lowest BCUT2D eigenvalue weighted by Gasteiger charge is -2.06. The Labute approximate surface area is 110 Å². The van der Waals surface area contributed by atoms with Gasteiger partial charge in [-0.05, 0) is 30.5 Å². The van der Waals surface area contributed by atoms with Crippen molar-refractivity contribution in [1.82, 2.24) is 10.3 Å². The molecule has 94 valence electrons. The van der Waals surface area contributed by atoms with Crippen LogP contribution in [0, 0.1) is 0 Å². The van der Waals surface area contributed by atoms with E-state index in [1.54, 1.807) is 23.6 Å². The average molecular weight is 261 g/mol. The molecule has 2 N–H and O–H groups in total. The number of rotatable bonds is 5. The minimum absolute atomic E-state index is 0.141. The molecular formula is C13H15N3OS. The molecule has 18 heavy (non-hydrogen) atoms. The summed E-state index contributed by atoms with van der Waals surface area (Å²) in [6.45, 7) is 3.25. The van der Waals surface area contributed by atoms with Crippen LogP contribution in [-0.2, 0) is 6.54 Å². The second-order valence-corrected chi connectivity index (χ2v) is 4.75. The number of hydrogen-bond acceptors (Lipinski definition) is 4. The van der Waals surface area contributed by atoms with Gasteiger partial charge < -0.3 is 10.6 Å². The van der Waals surface area contributed by atoms with Gasteiger partial charge in [0.1, 0.15) is 5.69 Å². The fourth-order valence-electron chi connectivity index (χ4n) is 1.52. The van der Waals surface area contributed by atoms with E-state index in [1.165, 1.54) is 4.88 Å². The van der Waals surface area contributed by atoms with E-state index in [9.17, 15) is 4.79 Å². The summed E-state index contributed by atoms with van der Waals surface area (Å²) in [5, 5.41) is 8.05. The lowest BCUT2D eigenvalue weighted by molar-refractivity contribution is 0.0951. The lowest BCUT2D eigenvalue weighted by Crippen LogP contribution is -2.23. The number of anilines is 1. The lowest BCUT2D eigenvalue weighted by atomic mass is 10.3. The second kappa shape index (κ2) is 6.16. The van der Waals surface area contributed by atoms with Crippen molar-refractivity contribution in [3.63, 3.8) is 0 Å². The number of nitrogens with zero attached hydrogens (tertiary/aromatic N) is 1. The number of hydrogen-bond donors (Lipinski definition) is 2. The van der Waals surface area contributed by atoms with Crippen LogP contribution in [0.5, 0.6) is 0 Å². The van der Waals surface area contributed by atoms with Crippen LogP contribution in [0.4, 0.5) is 5.69 Å².